The van der Waals surface area contributed by atoms with Gasteiger partial charge in [-0.25, -0.2) is 0 Å². The van der Waals surface area contributed by atoms with Crippen molar-refractivity contribution in [2.45, 2.75) is 26.7 Å². The lowest BCUT2D eigenvalue weighted by atomic mass is 9.90. The number of anilines is 14. The molecule has 1 heterocycles. The van der Waals surface area contributed by atoms with Crippen molar-refractivity contribution in [3.05, 3.63) is 406 Å². The fraction of sp³-hybridized carbons (Fsp3) is 0.109. The van der Waals surface area contributed by atoms with E-state index in [9.17, 15) is 0 Å². The lowest BCUT2D eigenvalue weighted by Crippen LogP contribution is -2.43. The summed E-state index contributed by atoms with van der Waals surface area (Å²) in [5, 5.41) is 0. The standard InChI is InChI=1S/C58H55N3O4.C43H34N2O/c1-58(43-63-44-58)42-62-39-12-13-40-64-57-22-14-21-54(41-57)59(2)47-31-35-55(36-32-47)65-56-37-33-53(34-38-56)61(50-19-10-5-11-20-50)52-29-25-46(26-30-52)45-23-27-51(28-24-45)60(48-15-6-3-7-16-48)49-17-8-4-9-18-49;1-33-20-22-34(23-21-33)35-24-26-39(27-25-35)45(38-16-9-4-10-17-38)41-18-11-19-43(32-41)46-42-30-28-40(29-31-42)44(36-12-5-2-6-13-36)37-14-7-3-8-15-37/h3-11,14-38,41H,12-13,39-40,42-44H2,1-2H3;2-32H,1H3. The van der Waals surface area contributed by atoms with Crippen LogP contribution in [0.3, 0.4) is 0 Å². The van der Waals surface area contributed by atoms with Gasteiger partial charge in [-0.05, 0) is 248 Å². The number of benzene rings is 15. The highest BCUT2D eigenvalue weighted by molar-refractivity contribution is 5.83. The smallest absolute Gasteiger partial charge is 0.129 e. The van der Waals surface area contributed by atoms with Gasteiger partial charge >= 0.3 is 0 Å². The van der Waals surface area contributed by atoms with E-state index >= 15 is 0 Å². The molecule has 1 aliphatic rings. The van der Waals surface area contributed by atoms with Crippen LogP contribution in [0.15, 0.2) is 400 Å². The first-order chi connectivity index (χ1) is 54.7. The number of ether oxygens (including phenoxy) is 5. The number of aryl methyl sites for hydroxylation is 1. The maximum absolute atomic E-state index is 6.43. The van der Waals surface area contributed by atoms with E-state index in [4.69, 9.17) is 23.7 Å². The highest BCUT2D eigenvalue weighted by atomic mass is 16.5. The maximum atomic E-state index is 6.43. The molecule has 1 fully saturated rings. The van der Waals surface area contributed by atoms with Gasteiger partial charge in [0.2, 0.25) is 0 Å². The normalized spacial score (nSPS) is 11.9. The van der Waals surface area contributed by atoms with Crippen molar-refractivity contribution in [3.8, 4) is 51.0 Å². The highest BCUT2D eigenvalue weighted by Crippen LogP contribution is 2.43. The lowest BCUT2D eigenvalue weighted by molar-refractivity contribution is -0.138. The molecule has 111 heavy (non-hydrogen) atoms. The Kier molecular flexibility index (Phi) is 23.4. The predicted octanol–water partition coefficient (Wildman–Crippen LogP) is 27.5. The Morgan fingerprint density at radius 3 is 0.910 bits per heavy atom. The minimum absolute atomic E-state index is 0.193. The van der Waals surface area contributed by atoms with Crippen molar-refractivity contribution in [3.63, 3.8) is 0 Å². The second-order valence-electron chi connectivity index (χ2n) is 28.0. The van der Waals surface area contributed by atoms with Crippen molar-refractivity contribution in [1.82, 2.24) is 0 Å². The van der Waals surface area contributed by atoms with Gasteiger partial charge in [-0.1, -0.05) is 194 Å². The molecule has 0 bridgehead atoms. The van der Waals surface area contributed by atoms with Crippen molar-refractivity contribution in [2.24, 2.45) is 5.41 Å². The Bertz CT molecular complexity index is 5280. The van der Waals surface area contributed by atoms with Crippen LogP contribution in [0.5, 0.6) is 28.7 Å². The van der Waals surface area contributed by atoms with Crippen molar-refractivity contribution < 1.29 is 23.7 Å². The molecule has 0 atom stereocenters. The molecule has 548 valence electrons. The average Bonchev–Trinajstić information content (AvgIpc) is 0.813. The molecular formula is C101H89N5O5. The number of rotatable bonds is 28. The number of hydrogen-bond acceptors (Lipinski definition) is 10. The summed E-state index contributed by atoms with van der Waals surface area (Å²) in [5.41, 5.74) is 21.2. The molecule has 15 aromatic rings. The number of para-hydroxylation sites is 6. The lowest BCUT2D eigenvalue weighted by Gasteiger charge is -2.37. The predicted molar refractivity (Wildman–Crippen MR) is 459 cm³/mol. The summed E-state index contributed by atoms with van der Waals surface area (Å²) < 4.78 is 30.1. The van der Waals surface area contributed by atoms with E-state index in [2.05, 4.69) is 361 Å². The van der Waals surface area contributed by atoms with E-state index in [-0.39, 0.29) is 5.41 Å². The van der Waals surface area contributed by atoms with Gasteiger partial charge in [0, 0.05) is 111 Å². The number of nitrogens with zero attached hydrogens (tertiary/aromatic N) is 5. The van der Waals surface area contributed by atoms with Crippen LogP contribution < -0.4 is 38.7 Å². The second-order valence-corrected chi connectivity index (χ2v) is 28.0. The molecule has 10 heteroatoms. The Morgan fingerprint density at radius 1 is 0.270 bits per heavy atom. The van der Waals surface area contributed by atoms with Gasteiger partial charge in [-0.3, -0.25) is 0 Å². The van der Waals surface area contributed by atoms with Crippen molar-refractivity contribution in [2.75, 3.05) is 64.6 Å². The molecule has 0 N–H and O–H groups in total. The van der Waals surface area contributed by atoms with Crippen LogP contribution in [-0.4, -0.2) is 40.1 Å². The summed E-state index contributed by atoms with van der Waals surface area (Å²) >= 11 is 0. The zero-order valence-electron chi connectivity index (χ0n) is 62.8. The summed E-state index contributed by atoms with van der Waals surface area (Å²) in [7, 11) is 2.06. The van der Waals surface area contributed by atoms with E-state index in [0.29, 0.717) is 6.61 Å². The molecule has 0 saturated carbocycles. The molecule has 10 nitrogen and oxygen atoms in total. The van der Waals surface area contributed by atoms with E-state index in [0.717, 1.165) is 159 Å². The van der Waals surface area contributed by atoms with Gasteiger partial charge in [0.1, 0.15) is 28.7 Å². The van der Waals surface area contributed by atoms with Gasteiger partial charge in [0.25, 0.3) is 0 Å². The topological polar surface area (TPSA) is 62.4 Å². The third-order valence-electron chi connectivity index (χ3n) is 19.7. The maximum Gasteiger partial charge on any atom is 0.129 e. The SMILES string of the molecule is CN(c1ccc(Oc2ccc(N(c3ccccc3)c3ccc(-c4ccc(N(c5ccccc5)c5ccccc5)cc4)cc3)cc2)cc1)c1cccc(OCCCCOCC2(C)COC2)c1.Cc1ccc(-c2ccc(N(c3ccccc3)c3cccc(Oc4ccc(N(c5ccccc5)c5ccccc5)cc4)c3)cc2)cc1. The zero-order chi connectivity index (χ0) is 75.4. The first-order valence-corrected chi connectivity index (χ1v) is 38.0. The molecule has 0 unspecified atom stereocenters. The van der Waals surface area contributed by atoms with Gasteiger partial charge in [-0.15, -0.1) is 0 Å². The van der Waals surface area contributed by atoms with Crippen LogP contribution in [0.2, 0.25) is 0 Å². The molecule has 0 aromatic heterocycles. The van der Waals surface area contributed by atoms with Gasteiger partial charge in [0.15, 0.2) is 0 Å². The van der Waals surface area contributed by atoms with E-state index in [1.807, 2.05) is 84.9 Å². The fourth-order valence-corrected chi connectivity index (χ4v) is 13.7. The minimum atomic E-state index is 0.193. The summed E-state index contributed by atoms with van der Waals surface area (Å²) in [4.78, 5) is 11.2. The minimum Gasteiger partial charge on any atom is -0.494 e. The molecule has 16 rings (SSSR count). The number of unbranched alkanes of at least 4 members (excludes halogenated alkanes) is 1. The Labute approximate surface area is 653 Å². The van der Waals surface area contributed by atoms with E-state index in [1.165, 1.54) is 16.7 Å². The summed E-state index contributed by atoms with van der Waals surface area (Å²) in [6.07, 6.45) is 1.91. The van der Waals surface area contributed by atoms with Crippen molar-refractivity contribution >= 4 is 79.6 Å². The molecule has 1 aliphatic heterocycles. The Hall–Kier alpha value is -13.4. The number of hydrogen-bond donors (Lipinski definition) is 0. The molecule has 0 aliphatic carbocycles. The van der Waals surface area contributed by atoms with E-state index in [1.54, 1.807) is 0 Å². The zero-order valence-corrected chi connectivity index (χ0v) is 62.8. The Balaban J connectivity index is 0.000000186. The average molecular weight is 1450 g/mol. The molecule has 1 saturated heterocycles. The van der Waals surface area contributed by atoms with E-state index < -0.39 is 0 Å². The molecular weight excluding hydrogens is 1360 g/mol. The van der Waals surface area contributed by atoms with Crippen LogP contribution in [0.25, 0.3) is 22.3 Å². The van der Waals surface area contributed by atoms with Crippen LogP contribution in [0.4, 0.5) is 79.6 Å². The van der Waals surface area contributed by atoms with Crippen LogP contribution in [0, 0.1) is 12.3 Å². The Morgan fingerprint density at radius 2 is 0.550 bits per heavy atom. The molecule has 15 aromatic carbocycles. The largest absolute Gasteiger partial charge is 0.494 e. The second kappa shape index (κ2) is 35.6. The quantitative estimate of drug-likeness (QED) is 0.0443. The summed E-state index contributed by atoms with van der Waals surface area (Å²) in [5.74, 6) is 3.93. The molecule has 0 amide bonds. The molecule has 0 spiro atoms. The first kappa shape index (κ1) is 73.1. The van der Waals surface area contributed by atoms with Gasteiger partial charge in [-0.2, -0.15) is 0 Å². The highest BCUT2D eigenvalue weighted by Gasteiger charge is 2.33. The van der Waals surface area contributed by atoms with Gasteiger partial charge in [0.05, 0.1) is 26.4 Å². The van der Waals surface area contributed by atoms with Crippen LogP contribution in [0.1, 0.15) is 25.3 Å². The first-order valence-electron chi connectivity index (χ1n) is 38.0. The van der Waals surface area contributed by atoms with Crippen LogP contribution in [-0.2, 0) is 9.47 Å². The summed E-state index contributed by atoms with van der Waals surface area (Å²) in [6, 6.07) is 139. The monoisotopic (exact) mass is 1450 g/mol. The third-order valence-corrected chi connectivity index (χ3v) is 19.7. The molecule has 0 radical (unpaired) electrons. The fourth-order valence-electron chi connectivity index (χ4n) is 13.7. The summed E-state index contributed by atoms with van der Waals surface area (Å²) in [6.45, 7) is 8.08. The third kappa shape index (κ3) is 18.6. The van der Waals surface area contributed by atoms with Gasteiger partial charge < -0.3 is 48.2 Å². The van der Waals surface area contributed by atoms with Crippen LogP contribution >= 0.6 is 0 Å². The van der Waals surface area contributed by atoms with Crippen molar-refractivity contribution in [1.29, 1.82) is 0 Å².